The topological polar surface area (TPSA) is 82.4 Å². The van der Waals surface area contributed by atoms with Crippen molar-refractivity contribution in [2.45, 2.75) is 64.1 Å². The van der Waals surface area contributed by atoms with E-state index in [0.29, 0.717) is 30.5 Å². The van der Waals surface area contributed by atoms with Crippen LogP contribution in [0, 0.1) is 11.8 Å². The summed E-state index contributed by atoms with van der Waals surface area (Å²) in [5.74, 6) is 1.11. The van der Waals surface area contributed by atoms with Gasteiger partial charge in [0.25, 0.3) is 0 Å². The average molecular weight is 367 g/mol. The van der Waals surface area contributed by atoms with Crippen molar-refractivity contribution in [3.05, 3.63) is 12.2 Å². The lowest BCUT2D eigenvalue weighted by molar-refractivity contribution is -0.137. The summed E-state index contributed by atoms with van der Waals surface area (Å²) in [7, 11) is 1.95. The molecule has 148 valence electrons. The number of unbranched alkanes of at least 4 members (excludes halogenated alkanes) is 1. The Hall–Kier alpha value is -1.40. The number of carboxylic acid groups (broad SMARTS) is 1. The van der Waals surface area contributed by atoms with E-state index in [-0.39, 0.29) is 13.0 Å². The minimum atomic E-state index is -0.725. The molecule has 2 aliphatic rings. The number of carbonyl (C=O) groups is 1. The number of aliphatic hydroxyl groups is 1. The second kappa shape index (κ2) is 10.7. The predicted octanol–water partition coefficient (Wildman–Crippen LogP) is 2.71. The molecule has 0 spiro atoms. The third kappa shape index (κ3) is 5.81. The summed E-state index contributed by atoms with van der Waals surface area (Å²) >= 11 is 0. The van der Waals surface area contributed by atoms with E-state index < -0.39 is 5.97 Å². The van der Waals surface area contributed by atoms with Gasteiger partial charge in [-0.2, -0.15) is 0 Å². The van der Waals surface area contributed by atoms with Crippen molar-refractivity contribution in [2.24, 2.45) is 16.8 Å². The van der Waals surface area contributed by atoms with Crippen LogP contribution in [-0.2, 0) is 9.53 Å². The maximum absolute atomic E-state index is 10.5. The lowest BCUT2D eigenvalue weighted by Crippen LogP contribution is -2.30. The quantitative estimate of drug-likeness (QED) is 0.254. The number of carboxylic acids is 1. The molecule has 0 aromatic rings. The Morgan fingerprint density at radius 1 is 1.27 bits per heavy atom. The zero-order chi connectivity index (χ0) is 18.9. The van der Waals surface area contributed by atoms with E-state index in [4.69, 9.17) is 9.84 Å². The molecule has 2 rings (SSSR count). The first-order chi connectivity index (χ1) is 12.6. The number of aliphatic hydroxyl groups excluding tert-OH is 1. The minimum Gasteiger partial charge on any atom is -0.481 e. The van der Waals surface area contributed by atoms with Crippen LogP contribution in [0.5, 0.6) is 0 Å². The van der Waals surface area contributed by atoms with Crippen molar-refractivity contribution in [1.29, 1.82) is 0 Å². The number of rotatable bonds is 11. The number of nitrogens with zero attached hydrogens (tertiary/aromatic N) is 2. The van der Waals surface area contributed by atoms with Crippen LogP contribution in [-0.4, -0.2) is 65.9 Å². The molecule has 6 nitrogen and oxygen atoms in total. The minimum absolute atomic E-state index is 0.0138. The Balaban J connectivity index is 1.81. The second-order valence-corrected chi connectivity index (χ2v) is 7.37. The number of amidine groups is 1. The Labute approximate surface area is 156 Å². The molecule has 2 N–H and O–H groups in total. The summed E-state index contributed by atoms with van der Waals surface area (Å²) in [5, 5.41) is 18.1. The third-order valence-electron chi connectivity index (χ3n) is 5.74. The van der Waals surface area contributed by atoms with E-state index in [2.05, 4.69) is 17.1 Å². The van der Waals surface area contributed by atoms with Gasteiger partial charge in [-0.05, 0) is 57.3 Å². The van der Waals surface area contributed by atoms with Crippen molar-refractivity contribution in [3.63, 3.8) is 0 Å². The molecule has 4 atom stereocenters. The molecule has 0 saturated carbocycles. The van der Waals surface area contributed by atoms with E-state index in [1.807, 2.05) is 18.9 Å². The molecule has 2 heterocycles. The number of hydrogen-bond donors (Lipinski definition) is 2. The van der Waals surface area contributed by atoms with Crippen molar-refractivity contribution in [3.8, 4) is 0 Å². The Bertz CT molecular complexity index is 506. The van der Waals surface area contributed by atoms with Crippen LogP contribution >= 0.6 is 0 Å². The normalized spacial score (nSPS) is 28.2. The second-order valence-electron chi connectivity index (χ2n) is 7.37. The Morgan fingerprint density at radius 3 is 2.65 bits per heavy atom. The van der Waals surface area contributed by atoms with E-state index in [1.165, 1.54) is 0 Å². The fourth-order valence-electron chi connectivity index (χ4n) is 4.16. The number of ether oxygens (including phenoxy) is 1. The van der Waals surface area contributed by atoms with Gasteiger partial charge < -0.3 is 19.8 Å². The highest BCUT2D eigenvalue weighted by Gasteiger charge is 2.47. The molecule has 0 aliphatic carbocycles. The highest BCUT2D eigenvalue weighted by atomic mass is 16.5. The predicted molar refractivity (Wildman–Crippen MR) is 102 cm³/mol. The summed E-state index contributed by atoms with van der Waals surface area (Å²) < 4.78 is 6.14. The summed E-state index contributed by atoms with van der Waals surface area (Å²) in [5.41, 5.74) is 0. The smallest absolute Gasteiger partial charge is 0.303 e. The number of aliphatic imine (C=N–C) groups is 1. The zero-order valence-electron chi connectivity index (χ0n) is 16.1. The molecule has 0 amide bonds. The van der Waals surface area contributed by atoms with Crippen LogP contribution in [0.3, 0.4) is 0 Å². The lowest BCUT2D eigenvalue weighted by Gasteiger charge is -2.27. The van der Waals surface area contributed by atoms with Crippen LogP contribution < -0.4 is 0 Å². The molecular weight excluding hydrogens is 332 g/mol. The Morgan fingerprint density at radius 2 is 2.00 bits per heavy atom. The van der Waals surface area contributed by atoms with Crippen molar-refractivity contribution < 1.29 is 19.7 Å². The first-order valence-corrected chi connectivity index (χ1v) is 9.94. The van der Waals surface area contributed by atoms with E-state index >= 15 is 0 Å². The fraction of sp³-hybridized carbons (Fsp3) is 0.800. The lowest BCUT2D eigenvalue weighted by atomic mass is 9.76. The zero-order valence-corrected chi connectivity index (χ0v) is 16.1. The molecular formula is C20H34N2O4. The van der Waals surface area contributed by atoms with E-state index in [1.54, 1.807) is 0 Å². The summed E-state index contributed by atoms with van der Waals surface area (Å²) in [6, 6.07) is 0. The highest BCUT2D eigenvalue weighted by Crippen LogP contribution is 2.46. The molecule has 2 saturated heterocycles. The van der Waals surface area contributed by atoms with Gasteiger partial charge in [0.05, 0.1) is 12.2 Å². The maximum atomic E-state index is 10.5. The highest BCUT2D eigenvalue weighted by molar-refractivity contribution is 5.83. The van der Waals surface area contributed by atoms with Gasteiger partial charge in [0.1, 0.15) is 12.4 Å². The number of aliphatic carboxylic acids is 1. The largest absolute Gasteiger partial charge is 0.481 e. The molecule has 0 unspecified atom stereocenters. The first kappa shape index (κ1) is 20.9. The van der Waals surface area contributed by atoms with E-state index in [0.717, 1.165) is 51.0 Å². The van der Waals surface area contributed by atoms with Crippen LogP contribution in [0.15, 0.2) is 17.1 Å². The van der Waals surface area contributed by atoms with Crippen LogP contribution in [0.4, 0.5) is 0 Å². The molecule has 6 heteroatoms. The molecule has 0 aromatic carbocycles. The molecule has 2 bridgehead atoms. The van der Waals surface area contributed by atoms with E-state index in [9.17, 15) is 9.90 Å². The van der Waals surface area contributed by atoms with Crippen LogP contribution in [0.2, 0.25) is 0 Å². The van der Waals surface area contributed by atoms with Crippen LogP contribution in [0.1, 0.15) is 51.9 Å². The van der Waals surface area contributed by atoms with Gasteiger partial charge in [-0.3, -0.25) is 9.79 Å². The molecule has 2 aliphatic heterocycles. The maximum Gasteiger partial charge on any atom is 0.303 e. The number of fused-ring (bicyclic) bond motifs is 2. The Kier molecular flexibility index (Phi) is 8.59. The number of hydrogen-bond acceptors (Lipinski definition) is 4. The monoisotopic (exact) mass is 366 g/mol. The van der Waals surface area contributed by atoms with Gasteiger partial charge >= 0.3 is 5.97 Å². The van der Waals surface area contributed by atoms with Gasteiger partial charge in [-0.25, -0.2) is 0 Å². The van der Waals surface area contributed by atoms with Gasteiger partial charge in [-0.1, -0.05) is 12.2 Å². The fourth-order valence-corrected chi connectivity index (χ4v) is 4.16. The molecule has 0 aromatic heterocycles. The van der Waals surface area contributed by atoms with Gasteiger partial charge in [-0.15, -0.1) is 0 Å². The van der Waals surface area contributed by atoms with Gasteiger partial charge in [0.15, 0.2) is 0 Å². The number of likely N-dealkylation sites (N-methyl/N-ethyl adjacent to an activating group) is 1. The van der Waals surface area contributed by atoms with Crippen LogP contribution in [0.25, 0.3) is 0 Å². The van der Waals surface area contributed by atoms with Crippen molar-refractivity contribution in [2.75, 3.05) is 26.7 Å². The average Bonchev–Trinajstić information content (AvgIpc) is 3.22. The standard InChI is InChI=1S/C20H34N2O4/c1-3-22(2)19(14-23)21-13-12-16-15(17-10-11-18(16)26-17)8-6-4-5-7-9-20(24)25/h4,6,15-18,23H,3,5,7-14H2,1-2H3,(H,24,25)/t15-,16+,17-,18+/m1/s1. The molecule has 0 radical (unpaired) electrons. The first-order valence-electron chi connectivity index (χ1n) is 9.94. The third-order valence-corrected chi connectivity index (χ3v) is 5.74. The summed E-state index contributed by atoms with van der Waals surface area (Å²) in [4.78, 5) is 17.1. The summed E-state index contributed by atoms with van der Waals surface area (Å²) in [6.07, 6.45) is 11.1. The summed E-state index contributed by atoms with van der Waals surface area (Å²) in [6.45, 7) is 3.61. The van der Waals surface area contributed by atoms with Crippen molar-refractivity contribution >= 4 is 11.8 Å². The molecule has 2 fully saturated rings. The molecule has 26 heavy (non-hydrogen) atoms. The SMILES string of the molecule is CCN(C)C(CO)=NCC[C@H]1[C@@H](CC=CCCCC(=O)O)[C@H]2CC[C@@H]1O2. The number of allylic oxidation sites excluding steroid dienone is 2. The van der Waals surface area contributed by atoms with Gasteiger partial charge in [0, 0.05) is 26.6 Å². The van der Waals surface area contributed by atoms with Crippen molar-refractivity contribution in [1.82, 2.24) is 4.90 Å². The van der Waals surface area contributed by atoms with Gasteiger partial charge in [0.2, 0.25) is 0 Å².